The van der Waals surface area contributed by atoms with Crippen molar-refractivity contribution in [2.24, 2.45) is 0 Å². The number of fused-ring (bicyclic) bond motifs is 1. The molecule has 1 aliphatic heterocycles. The lowest BCUT2D eigenvalue weighted by molar-refractivity contribution is -0.118. The van der Waals surface area contributed by atoms with Crippen molar-refractivity contribution in [2.45, 2.75) is 39.2 Å². The van der Waals surface area contributed by atoms with E-state index in [4.69, 9.17) is 9.47 Å². The summed E-state index contributed by atoms with van der Waals surface area (Å²) in [7, 11) is 0. The average molecular weight is 249 g/mol. The Morgan fingerprint density at radius 2 is 2.22 bits per heavy atom. The minimum Gasteiger partial charge on any atom is -0.494 e. The van der Waals surface area contributed by atoms with Crippen molar-refractivity contribution in [3.63, 3.8) is 0 Å². The molecule has 0 unspecified atom stereocenters. The van der Waals surface area contributed by atoms with Crippen LogP contribution in [0.25, 0.3) is 0 Å². The van der Waals surface area contributed by atoms with Crippen LogP contribution in [0.4, 0.5) is 5.69 Å². The molecule has 0 fully saturated rings. The molecule has 18 heavy (non-hydrogen) atoms. The second-order valence-electron chi connectivity index (χ2n) is 5.09. The molecule has 1 amide bonds. The summed E-state index contributed by atoms with van der Waals surface area (Å²) in [6, 6.07) is 5.51. The highest BCUT2D eigenvalue weighted by atomic mass is 16.5. The third-order valence-electron chi connectivity index (χ3n) is 2.67. The number of hydrogen-bond donors (Lipinski definition) is 1. The van der Waals surface area contributed by atoms with Gasteiger partial charge in [0, 0.05) is 6.07 Å². The van der Waals surface area contributed by atoms with Gasteiger partial charge in [-0.1, -0.05) is 6.92 Å². The highest BCUT2D eigenvalue weighted by Crippen LogP contribution is 2.35. The van der Waals surface area contributed by atoms with Gasteiger partial charge in [-0.05, 0) is 32.4 Å². The molecular formula is C14H19NO3. The van der Waals surface area contributed by atoms with Crippen molar-refractivity contribution < 1.29 is 14.3 Å². The van der Waals surface area contributed by atoms with Gasteiger partial charge in [-0.3, -0.25) is 4.79 Å². The maximum atomic E-state index is 11.8. The number of nitrogens with one attached hydrogen (secondary N) is 1. The minimum absolute atomic E-state index is 0.0357. The summed E-state index contributed by atoms with van der Waals surface area (Å²) in [6.45, 7) is 6.53. The molecule has 0 atom stereocenters. The van der Waals surface area contributed by atoms with Crippen LogP contribution in [-0.2, 0) is 4.79 Å². The standard InChI is InChI=1S/C14H19NO3/c1-4-7-17-10-5-6-12-11(8-10)15-13(16)9-14(2,3)18-12/h5-6,8H,4,7,9H2,1-3H3,(H,15,16). The molecule has 0 bridgehead atoms. The number of anilines is 1. The first-order chi connectivity index (χ1) is 8.50. The molecule has 0 aliphatic carbocycles. The molecule has 0 spiro atoms. The van der Waals surface area contributed by atoms with Crippen LogP contribution in [0.15, 0.2) is 18.2 Å². The fourth-order valence-corrected chi connectivity index (χ4v) is 1.92. The lowest BCUT2D eigenvalue weighted by Gasteiger charge is -2.23. The Hall–Kier alpha value is -1.71. The highest BCUT2D eigenvalue weighted by Gasteiger charge is 2.29. The van der Waals surface area contributed by atoms with E-state index in [0.29, 0.717) is 24.5 Å². The SMILES string of the molecule is CCCOc1ccc2c(c1)NC(=O)CC(C)(C)O2. The summed E-state index contributed by atoms with van der Waals surface area (Å²) >= 11 is 0. The Bertz CT molecular complexity index is 454. The molecular weight excluding hydrogens is 230 g/mol. The third kappa shape index (κ3) is 2.94. The maximum Gasteiger partial charge on any atom is 0.228 e. The fraction of sp³-hybridized carbons (Fsp3) is 0.500. The monoisotopic (exact) mass is 249 g/mol. The van der Waals surface area contributed by atoms with Gasteiger partial charge in [0.15, 0.2) is 0 Å². The summed E-state index contributed by atoms with van der Waals surface area (Å²) in [5.74, 6) is 1.40. The van der Waals surface area contributed by atoms with Crippen molar-refractivity contribution in [3.8, 4) is 11.5 Å². The van der Waals surface area contributed by atoms with Gasteiger partial charge in [0.1, 0.15) is 17.1 Å². The van der Waals surface area contributed by atoms with E-state index in [-0.39, 0.29) is 5.91 Å². The van der Waals surface area contributed by atoms with E-state index >= 15 is 0 Å². The summed E-state index contributed by atoms with van der Waals surface area (Å²) in [4.78, 5) is 11.8. The van der Waals surface area contributed by atoms with E-state index in [1.54, 1.807) is 0 Å². The lowest BCUT2D eigenvalue weighted by Crippen LogP contribution is -2.30. The van der Waals surface area contributed by atoms with Crippen LogP contribution in [0.2, 0.25) is 0 Å². The number of rotatable bonds is 3. The van der Waals surface area contributed by atoms with E-state index < -0.39 is 5.60 Å². The fourth-order valence-electron chi connectivity index (χ4n) is 1.92. The first-order valence-corrected chi connectivity index (χ1v) is 6.26. The first kappa shape index (κ1) is 12.7. The number of ether oxygens (including phenoxy) is 2. The van der Waals surface area contributed by atoms with Gasteiger partial charge in [-0.2, -0.15) is 0 Å². The summed E-state index contributed by atoms with van der Waals surface area (Å²) in [5.41, 5.74) is 0.195. The number of carbonyl (C=O) groups is 1. The predicted octanol–water partition coefficient (Wildman–Crippen LogP) is 2.98. The summed E-state index contributed by atoms with van der Waals surface area (Å²) in [5, 5.41) is 2.85. The normalized spacial score (nSPS) is 17.2. The van der Waals surface area contributed by atoms with Crippen LogP contribution < -0.4 is 14.8 Å². The highest BCUT2D eigenvalue weighted by molar-refractivity contribution is 5.94. The summed E-state index contributed by atoms with van der Waals surface area (Å²) < 4.78 is 11.4. The Morgan fingerprint density at radius 3 is 2.94 bits per heavy atom. The molecule has 0 saturated heterocycles. The molecule has 1 aliphatic rings. The van der Waals surface area contributed by atoms with Gasteiger partial charge in [-0.25, -0.2) is 0 Å². The van der Waals surface area contributed by atoms with E-state index in [1.165, 1.54) is 0 Å². The Labute approximate surface area is 107 Å². The molecule has 0 aromatic heterocycles. The molecule has 1 aromatic rings. The number of benzene rings is 1. The molecule has 98 valence electrons. The van der Waals surface area contributed by atoms with Gasteiger partial charge >= 0.3 is 0 Å². The zero-order valence-electron chi connectivity index (χ0n) is 11.1. The van der Waals surface area contributed by atoms with E-state index in [9.17, 15) is 4.79 Å². The Kier molecular flexibility index (Phi) is 3.45. The number of amides is 1. The molecule has 2 rings (SSSR count). The Balaban J connectivity index is 2.27. The lowest BCUT2D eigenvalue weighted by atomic mass is 10.1. The van der Waals surface area contributed by atoms with E-state index in [0.717, 1.165) is 12.2 Å². The van der Waals surface area contributed by atoms with Crippen molar-refractivity contribution in [3.05, 3.63) is 18.2 Å². The number of hydrogen-bond acceptors (Lipinski definition) is 3. The average Bonchev–Trinajstić information content (AvgIpc) is 2.39. The van der Waals surface area contributed by atoms with E-state index in [2.05, 4.69) is 12.2 Å². The summed E-state index contributed by atoms with van der Waals surface area (Å²) in [6.07, 6.45) is 1.29. The van der Waals surface area contributed by atoms with Crippen molar-refractivity contribution in [1.82, 2.24) is 0 Å². The van der Waals surface area contributed by atoms with Gasteiger partial charge < -0.3 is 14.8 Å². The minimum atomic E-state index is -0.485. The maximum absolute atomic E-state index is 11.8. The first-order valence-electron chi connectivity index (χ1n) is 6.26. The molecule has 1 N–H and O–H groups in total. The smallest absolute Gasteiger partial charge is 0.228 e. The van der Waals surface area contributed by atoms with Crippen LogP contribution in [0.5, 0.6) is 11.5 Å². The van der Waals surface area contributed by atoms with Crippen molar-refractivity contribution in [1.29, 1.82) is 0 Å². The number of carbonyl (C=O) groups excluding carboxylic acids is 1. The molecule has 4 heteroatoms. The van der Waals surface area contributed by atoms with E-state index in [1.807, 2.05) is 32.0 Å². The zero-order valence-corrected chi connectivity index (χ0v) is 11.1. The topological polar surface area (TPSA) is 47.6 Å². The quantitative estimate of drug-likeness (QED) is 0.895. The van der Waals surface area contributed by atoms with Crippen LogP contribution in [0, 0.1) is 0 Å². The molecule has 1 heterocycles. The van der Waals surface area contributed by atoms with Gasteiger partial charge in [-0.15, -0.1) is 0 Å². The third-order valence-corrected chi connectivity index (χ3v) is 2.67. The molecule has 0 saturated carbocycles. The molecule has 0 radical (unpaired) electrons. The van der Waals surface area contributed by atoms with Crippen LogP contribution in [0.1, 0.15) is 33.6 Å². The van der Waals surface area contributed by atoms with Gasteiger partial charge in [0.05, 0.1) is 18.7 Å². The second kappa shape index (κ2) is 4.88. The molecule has 1 aromatic carbocycles. The molecule has 4 nitrogen and oxygen atoms in total. The Morgan fingerprint density at radius 1 is 1.44 bits per heavy atom. The van der Waals surface area contributed by atoms with Crippen LogP contribution in [-0.4, -0.2) is 18.1 Å². The van der Waals surface area contributed by atoms with Crippen molar-refractivity contribution in [2.75, 3.05) is 11.9 Å². The predicted molar refractivity (Wildman–Crippen MR) is 70.2 cm³/mol. The zero-order chi connectivity index (χ0) is 13.2. The van der Waals surface area contributed by atoms with Crippen molar-refractivity contribution >= 4 is 11.6 Å². The second-order valence-corrected chi connectivity index (χ2v) is 5.09. The van der Waals surface area contributed by atoms with Gasteiger partial charge in [0.25, 0.3) is 0 Å². The van der Waals surface area contributed by atoms with Crippen LogP contribution >= 0.6 is 0 Å². The van der Waals surface area contributed by atoms with Crippen LogP contribution in [0.3, 0.4) is 0 Å². The van der Waals surface area contributed by atoms with Gasteiger partial charge in [0.2, 0.25) is 5.91 Å². The largest absolute Gasteiger partial charge is 0.494 e.